The number of carbonyl (C=O) groups excluding carboxylic acids is 5. The molecule has 0 spiro atoms. The number of benzene rings is 1. The SMILES string of the molecule is CC[C@H](C)[C@H](CC(=O)C(C)(C)N(C)C)C(=O)N(C)[C@H](C[C@@H](OC(C)=O)c1nc(C(=O)N[C@@H](Cc2ccc(O)c(NC(=O)CCOCCOCCN)c2)CC(C)C(=O)O)cs1)C(C)C. The molecule has 1 unspecified atom stereocenters. The molecule has 0 aliphatic rings. The summed E-state index contributed by atoms with van der Waals surface area (Å²) in [5.74, 6) is -4.58. The van der Waals surface area contributed by atoms with Crippen molar-refractivity contribution in [3.8, 4) is 5.75 Å². The van der Waals surface area contributed by atoms with E-state index in [1.54, 1.807) is 24.1 Å². The van der Waals surface area contributed by atoms with E-state index >= 15 is 0 Å². The number of Topliss-reactive ketones (excluding diaryl/α,β-unsaturated/α-hetero) is 1. The molecule has 1 aromatic heterocycles. The predicted octanol–water partition coefficient (Wildman–Crippen LogP) is 5.06. The normalized spacial score (nSPS) is 14.6. The number of nitrogens with one attached hydrogen (secondary N) is 2. The molecule has 354 valence electrons. The number of carboxylic acids is 1. The molecule has 0 saturated heterocycles. The van der Waals surface area contributed by atoms with Gasteiger partial charge in [-0.15, -0.1) is 11.3 Å². The molecule has 0 fully saturated rings. The fraction of sp³-hybridized carbons (Fsp3) is 0.667. The van der Waals surface area contributed by atoms with Crippen molar-refractivity contribution in [2.75, 3.05) is 59.4 Å². The van der Waals surface area contributed by atoms with Gasteiger partial charge in [0.1, 0.15) is 16.5 Å². The molecule has 6 N–H and O–H groups in total. The molecule has 0 saturated carbocycles. The molecule has 3 amide bonds. The van der Waals surface area contributed by atoms with E-state index in [4.69, 9.17) is 19.9 Å². The van der Waals surface area contributed by atoms with Gasteiger partial charge in [0, 0.05) is 56.7 Å². The van der Waals surface area contributed by atoms with Crippen LogP contribution in [0.5, 0.6) is 5.75 Å². The third kappa shape index (κ3) is 17.5. The Morgan fingerprint density at radius 2 is 1.62 bits per heavy atom. The Balaban J connectivity index is 2.31. The van der Waals surface area contributed by atoms with Gasteiger partial charge in [0.15, 0.2) is 11.9 Å². The second-order valence-electron chi connectivity index (χ2n) is 17.3. The van der Waals surface area contributed by atoms with Gasteiger partial charge in [-0.1, -0.05) is 47.1 Å². The van der Waals surface area contributed by atoms with Crippen molar-refractivity contribution in [2.45, 2.75) is 118 Å². The Hall–Kier alpha value is -4.49. The number of phenolic OH excluding ortho intramolecular Hbond substituents is 1. The van der Waals surface area contributed by atoms with E-state index in [0.717, 1.165) is 11.3 Å². The van der Waals surface area contributed by atoms with Crippen LogP contribution >= 0.6 is 11.3 Å². The lowest BCUT2D eigenvalue weighted by molar-refractivity contribution is -0.150. The maximum Gasteiger partial charge on any atom is 0.306 e. The van der Waals surface area contributed by atoms with Crippen LogP contribution in [0.2, 0.25) is 0 Å². The Kier molecular flexibility index (Phi) is 22.8. The molecule has 2 rings (SSSR count). The summed E-state index contributed by atoms with van der Waals surface area (Å²) in [5, 5.41) is 27.7. The molecule has 63 heavy (non-hydrogen) atoms. The van der Waals surface area contributed by atoms with E-state index in [2.05, 4.69) is 15.6 Å². The van der Waals surface area contributed by atoms with Crippen LogP contribution in [0.25, 0.3) is 0 Å². The number of carboxylic acid groups (broad SMARTS) is 1. The van der Waals surface area contributed by atoms with Crippen molar-refractivity contribution in [3.05, 3.63) is 39.8 Å². The molecule has 0 aliphatic heterocycles. The Morgan fingerprint density at radius 3 is 2.19 bits per heavy atom. The average molecular weight is 905 g/mol. The second-order valence-corrected chi connectivity index (χ2v) is 18.1. The summed E-state index contributed by atoms with van der Waals surface area (Å²) in [6, 6.07) is 3.44. The standard InChI is InChI=1S/C45H72N6O11S/c1-12-28(4)33(24-39(54)45(7,8)50(9)10)43(57)51(11)36(27(2)3)25-38(62-30(6)52)42-49-35(26-63-42)41(56)47-32(21-29(5)44(58)59)22-31-13-14-37(53)34(23-31)48-40(55)15-17-60-19-20-61-18-16-46/h13-14,23,26-29,32-33,36,38,53H,12,15-22,24-25,46H2,1-11H3,(H,47,56)(H,48,55)(H,58,59)/t28-,29?,32+,33-,36+,38+/m0/s1. The van der Waals surface area contributed by atoms with E-state index < -0.39 is 59.3 Å². The van der Waals surface area contributed by atoms with Gasteiger partial charge >= 0.3 is 11.9 Å². The molecule has 18 heteroatoms. The van der Waals surface area contributed by atoms with Gasteiger partial charge in [-0.3, -0.25) is 33.7 Å². The molecule has 2 aromatic rings. The van der Waals surface area contributed by atoms with Crippen LogP contribution in [0.3, 0.4) is 0 Å². The van der Waals surface area contributed by atoms with Crippen molar-refractivity contribution in [1.29, 1.82) is 0 Å². The van der Waals surface area contributed by atoms with E-state index in [0.29, 0.717) is 43.4 Å². The van der Waals surface area contributed by atoms with Gasteiger partial charge in [0.25, 0.3) is 5.91 Å². The maximum atomic E-state index is 14.3. The topological polar surface area (TPSA) is 240 Å². The van der Waals surface area contributed by atoms with Gasteiger partial charge in [-0.2, -0.15) is 0 Å². The first-order valence-electron chi connectivity index (χ1n) is 21.6. The summed E-state index contributed by atoms with van der Waals surface area (Å²) in [4.78, 5) is 86.7. The monoisotopic (exact) mass is 904 g/mol. The number of thiazole rings is 1. The van der Waals surface area contributed by atoms with Gasteiger partial charge in [-0.05, 0) is 70.3 Å². The van der Waals surface area contributed by atoms with Crippen molar-refractivity contribution >= 4 is 52.5 Å². The molecular formula is C45H72N6O11S. The number of hydrogen-bond acceptors (Lipinski definition) is 14. The smallest absolute Gasteiger partial charge is 0.306 e. The minimum absolute atomic E-state index is 0.0209. The molecule has 0 radical (unpaired) electrons. The number of carbonyl (C=O) groups is 6. The molecule has 0 bridgehead atoms. The van der Waals surface area contributed by atoms with Gasteiger partial charge in [0.05, 0.1) is 50.0 Å². The number of rotatable bonds is 29. The number of phenols is 1. The number of likely N-dealkylation sites (N-methyl/N-ethyl adjacent to an activating group) is 1. The van der Waals surface area contributed by atoms with Crippen LogP contribution in [0, 0.1) is 23.7 Å². The lowest BCUT2D eigenvalue weighted by atomic mass is 9.81. The number of hydrogen-bond donors (Lipinski definition) is 5. The fourth-order valence-electron chi connectivity index (χ4n) is 6.83. The number of ether oxygens (including phenoxy) is 3. The summed E-state index contributed by atoms with van der Waals surface area (Å²) in [6.45, 7) is 16.0. The molecule has 1 aromatic carbocycles. The third-order valence-electron chi connectivity index (χ3n) is 11.6. The lowest BCUT2D eigenvalue weighted by Gasteiger charge is -2.38. The van der Waals surface area contributed by atoms with E-state index in [9.17, 15) is 39.0 Å². The highest BCUT2D eigenvalue weighted by molar-refractivity contribution is 7.09. The van der Waals surface area contributed by atoms with Crippen molar-refractivity contribution in [1.82, 2.24) is 20.1 Å². The largest absolute Gasteiger partial charge is 0.506 e. The molecule has 1 heterocycles. The Labute approximate surface area is 376 Å². The zero-order valence-corrected chi connectivity index (χ0v) is 39.8. The highest BCUT2D eigenvalue weighted by Gasteiger charge is 2.39. The number of aliphatic carboxylic acids is 1. The Bertz CT molecular complexity index is 1820. The van der Waals surface area contributed by atoms with Crippen molar-refractivity contribution < 1.29 is 53.2 Å². The van der Waals surface area contributed by atoms with Gasteiger partial charge in [0.2, 0.25) is 11.8 Å². The van der Waals surface area contributed by atoms with E-state index in [1.165, 1.54) is 25.3 Å². The van der Waals surface area contributed by atoms with Crippen molar-refractivity contribution in [2.24, 2.45) is 29.4 Å². The third-order valence-corrected chi connectivity index (χ3v) is 12.5. The predicted molar refractivity (Wildman–Crippen MR) is 241 cm³/mol. The average Bonchev–Trinajstić information content (AvgIpc) is 3.72. The lowest BCUT2D eigenvalue weighted by Crippen LogP contribution is -2.50. The van der Waals surface area contributed by atoms with Crippen LogP contribution in [0.15, 0.2) is 23.6 Å². The number of esters is 1. The first kappa shape index (κ1) is 54.6. The number of nitrogens with two attached hydrogens (primary N) is 1. The number of nitrogens with zero attached hydrogens (tertiary/aromatic N) is 3. The fourth-order valence-corrected chi connectivity index (χ4v) is 7.67. The van der Waals surface area contributed by atoms with Crippen LogP contribution in [-0.2, 0) is 44.6 Å². The minimum atomic E-state index is -1.05. The summed E-state index contributed by atoms with van der Waals surface area (Å²) < 4.78 is 16.4. The summed E-state index contributed by atoms with van der Waals surface area (Å²) in [6.07, 6.45) is 0.255. The second kappa shape index (κ2) is 26.3. The minimum Gasteiger partial charge on any atom is -0.506 e. The number of aromatic nitrogens is 1. The quantitative estimate of drug-likeness (QED) is 0.0408. The van der Waals surface area contributed by atoms with Crippen LogP contribution < -0.4 is 16.4 Å². The van der Waals surface area contributed by atoms with E-state index in [1.807, 2.05) is 60.5 Å². The number of aromatic hydroxyl groups is 1. The first-order valence-corrected chi connectivity index (χ1v) is 22.5. The Morgan fingerprint density at radius 1 is 0.968 bits per heavy atom. The van der Waals surface area contributed by atoms with Gasteiger partial charge < -0.3 is 45.7 Å². The highest BCUT2D eigenvalue weighted by atomic mass is 32.1. The van der Waals surface area contributed by atoms with Crippen LogP contribution in [0.4, 0.5) is 5.69 Å². The van der Waals surface area contributed by atoms with Gasteiger partial charge in [-0.25, -0.2) is 4.98 Å². The number of amides is 3. The highest BCUT2D eigenvalue weighted by Crippen LogP contribution is 2.33. The van der Waals surface area contributed by atoms with E-state index in [-0.39, 0.29) is 79.4 Å². The maximum absolute atomic E-state index is 14.3. The summed E-state index contributed by atoms with van der Waals surface area (Å²) in [7, 11) is 5.38. The first-order chi connectivity index (χ1) is 29.5. The molecule has 0 aliphatic carbocycles. The molecular weight excluding hydrogens is 833 g/mol. The molecule has 17 nitrogen and oxygen atoms in total. The number of ketones is 1. The van der Waals surface area contributed by atoms with Crippen molar-refractivity contribution in [3.63, 3.8) is 0 Å². The summed E-state index contributed by atoms with van der Waals surface area (Å²) in [5.41, 5.74) is 5.39. The summed E-state index contributed by atoms with van der Waals surface area (Å²) >= 11 is 1.12. The molecule has 6 atom stereocenters. The zero-order valence-electron chi connectivity index (χ0n) is 39.0. The zero-order chi connectivity index (χ0) is 47.6. The van der Waals surface area contributed by atoms with Crippen LogP contribution in [0.1, 0.15) is 115 Å². The van der Waals surface area contributed by atoms with Crippen LogP contribution in [-0.4, -0.2) is 132 Å². The number of anilines is 1.